The third-order valence-corrected chi connectivity index (χ3v) is 4.41. The van der Waals surface area contributed by atoms with Crippen molar-refractivity contribution in [1.82, 2.24) is 5.43 Å². The lowest BCUT2D eigenvalue weighted by molar-refractivity contribution is 0.553. The maximum absolute atomic E-state index is 5.84. The molecule has 2 nitrogen and oxygen atoms in total. The van der Waals surface area contributed by atoms with Crippen molar-refractivity contribution < 1.29 is 0 Å². The number of nitrogens with one attached hydrogen (secondary N) is 1. The zero-order valence-corrected chi connectivity index (χ0v) is 13.2. The van der Waals surface area contributed by atoms with Gasteiger partial charge in [0.15, 0.2) is 0 Å². The van der Waals surface area contributed by atoms with Crippen LogP contribution in [0.5, 0.6) is 0 Å². The number of aryl methyl sites for hydroxylation is 1. The van der Waals surface area contributed by atoms with Crippen LogP contribution in [0.2, 0.25) is 0 Å². The van der Waals surface area contributed by atoms with Gasteiger partial charge in [0.2, 0.25) is 0 Å². The third-order valence-electron chi connectivity index (χ3n) is 3.92. The normalized spacial score (nSPS) is 21.1. The van der Waals surface area contributed by atoms with E-state index in [1.165, 1.54) is 48.8 Å². The second kappa shape index (κ2) is 7.22. The van der Waals surface area contributed by atoms with Crippen molar-refractivity contribution in [2.24, 2.45) is 5.84 Å². The standard InChI is InChI=1S/C16H23BrN2/c1-12-9-10-14(17)11-15(12)16(19-18)13-7-5-3-2-4-6-8-13/h7,9-11,16,19H,2-6,8,18H2,1H3/b13-7+. The summed E-state index contributed by atoms with van der Waals surface area (Å²) >= 11 is 3.56. The monoisotopic (exact) mass is 322 g/mol. The van der Waals surface area contributed by atoms with Gasteiger partial charge in [0.25, 0.3) is 0 Å². The molecular formula is C16H23BrN2. The molecule has 1 aliphatic rings. The molecule has 0 aromatic heterocycles. The van der Waals surface area contributed by atoms with Crippen LogP contribution in [0, 0.1) is 6.92 Å². The van der Waals surface area contributed by atoms with E-state index < -0.39 is 0 Å². The minimum absolute atomic E-state index is 0.149. The highest BCUT2D eigenvalue weighted by atomic mass is 79.9. The Morgan fingerprint density at radius 2 is 2.00 bits per heavy atom. The number of halogens is 1. The molecule has 3 heteroatoms. The Balaban J connectivity index is 2.29. The first-order chi connectivity index (χ1) is 9.22. The number of allylic oxidation sites excluding steroid dienone is 1. The molecule has 2 rings (SSSR count). The Bertz CT molecular complexity index is 454. The molecule has 0 spiro atoms. The van der Waals surface area contributed by atoms with Crippen LogP contribution in [0.25, 0.3) is 0 Å². The molecule has 0 aliphatic heterocycles. The van der Waals surface area contributed by atoms with Crippen LogP contribution in [0.15, 0.2) is 34.3 Å². The number of hydrogen-bond donors (Lipinski definition) is 2. The minimum atomic E-state index is 0.149. The van der Waals surface area contributed by atoms with E-state index in [0.29, 0.717) is 0 Å². The Morgan fingerprint density at radius 3 is 2.79 bits per heavy atom. The molecular weight excluding hydrogens is 300 g/mol. The Kier molecular flexibility index (Phi) is 5.61. The molecule has 3 N–H and O–H groups in total. The van der Waals surface area contributed by atoms with Crippen LogP contribution in [0.1, 0.15) is 55.7 Å². The summed E-state index contributed by atoms with van der Waals surface area (Å²) < 4.78 is 1.11. The van der Waals surface area contributed by atoms with E-state index in [2.05, 4.69) is 52.6 Å². The molecule has 0 radical (unpaired) electrons. The van der Waals surface area contributed by atoms with Gasteiger partial charge in [-0.2, -0.15) is 0 Å². The average Bonchev–Trinajstić information content (AvgIpc) is 2.36. The van der Waals surface area contributed by atoms with Crippen molar-refractivity contribution in [2.45, 2.75) is 51.5 Å². The lowest BCUT2D eigenvalue weighted by Crippen LogP contribution is -2.30. The van der Waals surface area contributed by atoms with Gasteiger partial charge < -0.3 is 0 Å². The molecule has 1 aromatic carbocycles. The lowest BCUT2D eigenvalue weighted by Gasteiger charge is -2.23. The number of nitrogens with two attached hydrogens (primary N) is 1. The highest BCUT2D eigenvalue weighted by molar-refractivity contribution is 9.10. The van der Waals surface area contributed by atoms with E-state index in [4.69, 9.17) is 5.84 Å². The van der Waals surface area contributed by atoms with Crippen LogP contribution >= 0.6 is 15.9 Å². The van der Waals surface area contributed by atoms with Crippen molar-refractivity contribution in [1.29, 1.82) is 0 Å². The van der Waals surface area contributed by atoms with Crippen LogP contribution in [0.4, 0.5) is 0 Å². The summed E-state index contributed by atoms with van der Waals surface area (Å²) in [5.74, 6) is 5.84. The van der Waals surface area contributed by atoms with Crippen molar-refractivity contribution >= 4 is 15.9 Å². The van der Waals surface area contributed by atoms with Gasteiger partial charge in [-0.25, -0.2) is 5.43 Å². The summed E-state index contributed by atoms with van der Waals surface area (Å²) in [4.78, 5) is 0. The van der Waals surface area contributed by atoms with Crippen LogP contribution in [-0.4, -0.2) is 0 Å². The summed E-state index contributed by atoms with van der Waals surface area (Å²) in [7, 11) is 0. The second-order valence-corrected chi connectivity index (χ2v) is 6.25. The molecule has 104 valence electrons. The van der Waals surface area contributed by atoms with Gasteiger partial charge >= 0.3 is 0 Å². The summed E-state index contributed by atoms with van der Waals surface area (Å²) in [6.45, 7) is 2.15. The molecule has 0 amide bonds. The van der Waals surface area contributed by atoms with Gasteiger partial charge in [0.05, 0.1) is 6.04 Å². The lowest BCUT2D eigenvalue weighted by atomic mass is 9.89. The molecule has 1 unspecified atom stereocenters. The van der Waals surface area contributed by atoms with Crippen LogP contribution in [-0.2, 0) is 0 Å². The predicted molar refractivity (Wildman–Crippen MR) is 84.7 cm³/mol. The largest absolute Gasteiger partial charge is 0.271 e. The fourth-order valence-electron chi connectivity index (χ4n) is 2.80. The summed E-state index contributed by atoms with van der Waals surface area (Å²) in [5, 5.41) is 0. The van der Waals surface area contributed by atoms with E-state index in [9.17, 15) is 0 Å². The average molecular weight is 323 g/mol. The second-order valence-electron chi connectivity index (χ2n) is 5.33. The van der Waals surface area contributed by atoms with Gasteiger partial charge in [-0.3, -0.25) is 5.84 Å². The van der Waals surface area contributed by atoms with Gasteiger partial charge in [-0.05, 0) is 55.9 Å². The Labute approximate surface area is 124 Å². The predicted octanol–water partition coefficient (Wildman–Crippen LogP) is 4.54. The molecule has 0 fully saturated rings. The number of hydrogen-bond acceptors (Lipinski definition) is 2. The Morgan fingerprint density at radius 1 is 1.21 bits per heavy atom. The topological polar surface area (TPSA) is 38.0 Å². The first kappa shape index (κ1) is 14.8. The van der Waals surface area contributed by atoms with E-state index in [1.807, 2.05) is 0 Å². The molecule has 0 bridgehead atoms. The maximum Gasteiger partial charge on any atom is 0.0673 e. The zero-order valence-electron chi connectivity index (χ0n) is 11.6. The molecule has 1 aromatic rings. The van der Waals surface area contributed by atoms with Gasteiger partial charge in [-0.15, -0.1) is 0 Å². The van der Waals surface area contributed by atoms with Crippen LogP contribution < -0.4 is 11.3 Å². The Hall–Kier alpha value is -0.640. The summed E-state index contributed by atoms with van der Waals surface area (Å²) in [6, 6.07) is 6.56. The van der Waals surface area contributed by atoms with Gasteiger partial charge in [0.1, 0.15) is 0 Å². The zero-order chi connectivity index (χ0) is 13.7. The van der Waals surface area contributed by atoms with Crippen molar-refractivity contribution in [3.8, 4) is 0 Å². The number of benzene rings is 1. The van der Waals surface area contributed by atoms with E-state index in [1.54, 1.807) is 0 Å². The highest BCUT2D eigenvalue weighted by Crippen LogP contribution is 2.31. The van der Waals surface area contributed by atoms with Crippen molar-refractivity contribution in [2.75, 3.05) is 0 Å². The van der Waals surface area contributed by atoms with Gasteiger partial charge in [-0.1, -0.05) is 46.5 Å². The SMILES string of the molecule is Cc1ccc(Br)cc1C(NN)/C1=C/CCCCCC1. The van der Waals surface area contributed by atoms with E-state index in [-0.39, 0.29) is 6.04 Å². The minimum Gasteiger partial charge on any atom is -0.271 e. The number of hydrazine groups is 1. The van der Waals surface area contributed by atoms with Crippen molar-refractivity contribution in [3.63, 3.8) is 0 Å². The number of rotatable bonds is 3. The fourth-order valence-corrected chi connectivity index (χ4v) is 3.18. The van der Waals surface area contributed by atoms with E-state index >= 15 is 0 Å². The first-order valence-corrected chi connectivity index (χ1v) is 7.93. The molecule has 19 heavy (non-hydrogen) atoms. The molecule has 0 heterocycles. The third kappa shape index (κ3) is 3.91. The molecule has 1 atom stereocenters. The fraction of sp³-hybridized carbons (Fsp3) is 0.500. The molecule has 1 aliphatic carbocycles. The van der Waals surface area contributed by atoms with E-state index in [0.717, 1.165) is 10.9 Å². The summed E-state index contributed by atoms with van der Waals surface area (Å²) in [6.07, 6.45) is 10.0. The smallest absolute Gasteiger partial charge is 0.0673 e. The van der Waals surface area contributed by atoms with Crippen molar-refractivity contribution in [3.05, 3.63) is 45.4 Å². The summed E-state index contributed by atoms with van der Waals surface area (Å²) in [5.41, 5.74) is 7.03. The molecule has 0 saturated heterocycles. The highest BCUT2D eigenvalue weighted by Gasteiger charge is 2.17. The quantitative estimate of drug-likeness (QED) is 0.487. The first-order valence-electron chi connectivity index (χ1n) is 7.13. The van der Waals surface area contributed by atoms with Gasteiger partial charge in [0, 0.05) is 4.47 Å². The maximum atomic E-state index is 5.84. The molecule has 0 saturated carbocycles. The van der Waals surface area contributed by atoms with Crippen LogP contribution in [0.3, 0.4) is 0 Å².